The smallest absolute Gasteiger partial charge is 0.197 e. The fraction of sp³-hybridized carbons (Fsp3) is 0.133. The molecule has 0 aliphatic heterocycles. The van der Waals surface area contributed by atoms with E-state index in [2.05, 4.69) is 4.98 Å². The summed E-state index contributed by atoms with van der Waals surface area (Å²) in [7, 11) is 3.20. The van der Waals surface area contributed by atoms with Crippen LogP contribution < -0.4 is 14.9 Å². The first-order chi connectivity index (χ1) is 9.22. The first-order valence-corrected chi connectivity index (χ1v) is 5.90. The van der Waals surface area contributed by atoms with Gasteiger partial charge in [-0.25, -0.2) is 0 Å². The third-order valence-electron chi connectivity index (χ3n) is 3.21. The minimum Gasteiger partial charge on any atom is -0.497 e. The van der Waals surface area contributed by atoms with Crippen LogP contribution in [0, 0.1) is 0 Å². The summed E-state index contributed by atoms with van der Waals surface area (Å²) in [5, 5.41) is 1.30. The number of hydrogen-bond donors (Lipinski definition) is 1. The third kappa shape index (κ3) is 1.81. The van der Waals surface area contributed by atoms with Gasteiger partial charge >= 0.3 is 0 Å². The largest absolute Gasteiger partial charge is 0.497 e. The molecule has 0 spiro atoms. The molecule has 4 heteroatoms. The van der Waals surface area contributed by atoms with Gasteiger partial charge in [-0.2, -0.15) is 0 Å². The van der Waals surface area contributed by atoms with Crippen molar-refractivity contribution in [3.05, 3.63) is 46.6 Å². The molecule has 0 saturated carbocycles. The van der Waals surface area contributed by atoms with Gasteiger partial charge in [-0.3, -0.25) is 4.79 Å². The van der Waals surface area contributed by atoms with Crippen LogP contribution in [0.3, 0.4) is 0 Å². The van der Waals surface area contributed by atoms with E-state index in [1.54, 1.807) is 38.5 Å². The van der Waals surface area contributed by atoms with Crippen LogP contribution in [0.1, 0.15) is 0 Å². The van der Waals surface area contributed by atoms with Gasteiger partial charge in [-0.1, -0.05) is 0 Å². The molecule has 0 aliphatic rings. The van der Waals surface area contributed by atoms with Gasteiger partial charge in [0, 0.05) is 22.9 Å². The van der Waals surface area contributed by atoms with Crippen LogP contribution in [0.2, 0.25) is 0 Å². The number of hydrogen-bond acceptors (Lipinski definition) is 3. The van der Waals surface area contributed by atoms with Gasteiger partial charge in [0.05, 0.1) is 25.3 Å². The quantitative estimate of drug-likeness (QED) is 0.716. The first kappa shape index (κ1) is 11.6. The van der Waals surface area contributed by atoms with E-state index in [1.807, 2.05) is 12.1 Å². The highest BCUT2D eigenvalue weighted by atomic mass is 16.5. The monoisotopic (exact) mass is 255 g/mol. The SMILES string of the molecule is COc1ccc2c(=O)c3ccc(OC)cc3[nH]c2c1. The molecule has 1 N–H and O–H groups in total. The van der Waals surface area contributed by atoms with Crippen molar-refractivity contribution in [1.29, 1.82) is 0 Å². The Hall–Kier alpha value is -2.49. The normalized spacial score (nSPS) is 10.8. The number of rotatable bonds is 2. The van der Waals surface area contributed by atoms with E-state index >= 15 is 0 Å². The zero-order chi connectivity index (χ0) is 13.4. The number of aromatic amines is 1. The Kier molecular flexibility index (Phi) is 2.63. The van der Waals surface area contributed by atoms with Crippen molar-refractivity contribution in [1.82, 2.24) is 4.98 Å². The summed E-state index contributed by atoms with van der Waals surface area (Å²) in [6, 6.07) is 10.7. The molecular formula is C15H13NO3. The van der Waals surface area contributed by atoms with E-state index in [1.165, 1.54) is 0 Å². The Morgan fingerprint density at radius 3 is 1.74 bits per heavy atom. The molecule has 96 valence electrons. The predicted octanol–water partition coefficient (Wildman–Crippen LogP) is 2.70. The van der Waals surface area contributed by atoms with Gasteiger partial charge in [0.2, 0.25) is 0 Å². The highest BCUT2D eigenvalue weighted by molar-refractivity contribution is 5.93. The van der Waals surface area contributed by atoms with Crippen LogP contribution in [0.4, 0.5) is 0 Å². The lowest BCUT2D eigenvalue weighted by molar-refractivity contribution is 0.415. The Morgan fingerprint density at radius 1 is 0.842 bits per heavy atom. The highest BCUT2D eigenvalue weighted by Crippen LogP contribution is 2.22. The van der Waals surface area contributed by atoms with Crippen molar-refractivity contribution in [2.75, 3.05) is 14.2 Å². The molecule has 0 aliphatic carbocycles. The van der Waals surface area contributed by atoms with Gasteiger partial charge in [0.1, 0.15) is 11.5 Å². The third-order valence-corrected chi connectivity index (χ3v) is 3.21. The molecule has 0 unspecified atom stereocenters. The zero-order valence-corrected chi connectivity index (χ0v) is 10.7. The fourth-order valence-corrected chi connectivity index (χ4v) is 2.19. The topological polar surface area (TPSA) is 51.3 Å². The zero-order valence-electron chi connectivity index (χ0n) is 10.7. The Balaban J connectivity index is 2.41. The second-order valence-electron chi connectivity index (χ2n) is 4.28. The second kappa shape index (κ2) is 4.31. The number of methoxy groups -OCH3 is 2. The maximum atomic E-state index is 12.4. The van der Waals surface area contributed by atoms with E-state index in [-0.39, 0.29) is 5.43 Å². The molecule has 4 nitrogen and oxygen atoms in total. The van der Waals surface area contributed by atoms with Crippen molar-refractivity contribution in [3.63, 3.8) is 0 Å². The van der Waals surface area contributed by atoms with Gasteiger partial charge in [-0.05, 0) is 24.3 Å². The summed E-state index contributed by atoms with van der Waals surface area (Å²) < 4.78 is 10.3. The van der Waals surface area contributed by atoms with Crippen molar-refractivity contribution >= 4 is 21.8 Å². The summed E-state index contributed by atoms with van der Waals surface area (Å²) in [5.41, 5.74) is 1.52. The first-order valence-electron chi connectivity index (χ1n) is 5.90. The van der Waals surface area contributed by atoms with E-state index in [4.69, 9.17) is 9.47 Å². The average molecular weight is 255 g/mol. The van der Waals surface area contributed by atoms with Crippen LogP contribution in [0.15, 0.2) is 41.2 Å². The number of H-pyrrole nitrogens is 1. The van der Waals surface area contributed by atoms with Gasteiger partial charge < -0.3 is 14.5 Å². The molecule has 0 atom stereocenters. The molecule has 19 heavy (non-hydrogen) atoms. The Morgan fingerprint density at radius 2 is 1.32 bits per heavy atom. The predicted molar refractivity (Wildman–Crippen MR) is 75.2 cm³/mol. The number of aromatic nitrogens is 1. The molecule has 0 fully saturated rings. The summed E-state index contributed by atoms with van der Waals surface area (Å²) in [5.74, 6) is 1.43. The summed E-state index contributed by atoms with van der Waals surface area (Å²) in [6.07, 6.45) is 0. The van der Waals surface area contributed by atoms with E-state index in [0.717, 1.165) is 11.0 Å². The lowest BCUT2D eigenvalue weighted by Gasteiger charge is -2.06. The fourth-order valence-electron chi connectivity index (χ4n) is 2.19. The Bertz CT molecular complexity index is 756. The lowest BCUT2D eigenvalue weighted by Crippen LogP contribution is -2.04. The van der Waals surface area contributed by atoms with Crippen molar-refractivity contribution in [2.45, 2.75) is 0 Å². The minimum absolute atomic E-state index is 0.00839. The summed E-state index contributed by atoms with van der Waals surface area (Å²) in [6.45, 7) is 0. The number of nitrogens with one attached hydrogen (secondary N) is 1. The lowest BCUT2D eigenvalue weighted by atomic mass is 10.1. The summed E-state index contributed by atoms with van der Waals surface area (Å²) in [4.78, 5) is 15.6. The molecule has 0 bridgehead atoms. The average Bonchev–Trinajstić information content (AvgIpc) is 2.46. The molecule has 3 rings (SSSR count). The molecule has 2 aromatic carbocycles. The van der Waals surface area contributed by atoms with Crippen LogP contribution in [0.5, 0.6) is 11.5 Å². The van der Waals surface area contributed by atoms with Crippen molar-refractivity contribution < 1.29 is 9.47 Å². The highest BCUT2D eigenvalue weighted by Gasteiger charge is 2.07. The minimum atomic E-state index is 0.00839. The standard InChI is InChI=1S/C15H13NO3/c1-18-9-3-5-11-13(7-9)16-14-8-10(19-2)4-6-12(14)15(11)17/h3-8H,1-2H3,(H,16,17). The van der Waals surface area contributed by atoms with E-state index < -0.39 is 0 Å². The van der Waals surface area contributed by atoms with E-state index in [0.29, 0.717) is 22.3 Å². The van der Waals surface area contributed by atoms with Gasteiger partial charge in [-0.15, -0.1) is 0 Å². The number of ether oxygens (including phenoxy) is 2. The number of benzene rings is 2. The van der Waals surface area contributed by atoms with E-state index in [9.17, 15) is 4.79 Å². The molecule has 1 aromatic heterocycles. The van der Waals surface area contributed by atoms with Gasteiger partial charge in [0.15, 0.2) is 5.43 Å². The molecule has 0 radical (unpaired) electrons. The van der Waals surface area contributed by atoms with Crippen molar-refractivity contribution in [3.8, 4) is 11.5 Å². The molecule has 0 amide bonds. The Labute approximate surface area is 109 Å². The molecular weight excluding hydrogens is 242 g/mol. The van der Waals surface area contributed by atoms with Crippen LogP contribution in [-0.4, -0.2) is 19.2 Å². The molecule has 1 heterocycles. The number of pyridine rings is 1. The second-order valence-corrected chi connectivity index (χ2v) is 4.28. The van der Waals surface area contributed by atoms with Crippen molar-refractivity contribution in [2.24, 2.45) is 0 Å². The van der Waals surface area contributed by atoms with Crippen LogP contribution >= 0.6 is 0 Å². The molecule has 0 saturated heterocycles. The maximum absolute atomic E-state index is 12.4. The molecule has 3 aromatic rings. The van der Waals surface area contributed by atoms with Crippen LogP contribution in [-0.2, 0) is 0 Å². The maximum Gasteiger partial charge on any atom is 0.197 e. The summed E-state index contributed by atoms with van der Waals surface area (Å²) >= 11 is 0. The number of fused-ring (bicyclic) bond motifs is 2. The van der Waals surface area contributed by atoms with Gasteiger partial charge in [0.25, 0.3) is 0 Å². The van der Waals surface area contributed by atoms with Crippen LogP contribution in [0.25, 0.3) is 21.8 Å².